The topological polar surface area (TPSA) is 0 Å². The number of hydrogen-bond donors (Lipinski definition) is 3. The van der Waals surface area contributed by atoms with Crippen LogP contribution in [0.1, 0.15) is 25.7 Å². The first-order chi connectivity index (χ1) is 4.10. The molecule has 0 aromatic carbocycles. The molecule has 0 aromatic rings. The zero-order valence-corrected chi connectivity index (χ0v) is 7.93. The molecule has 0 amide bonds. The van der Waals surface area contributed by atoms with Crippen molar-refractivity contribution in [2.45, 2.75) is 35.0 Å². The van der Waals surface area contributed by atoms with Crippen LogP contribution in [0.25, 0.3) is 0 Å². The third-order valence-electron chi connectivity index (χ3n) is 1.68. The molecule has 1 aliphatic carbocycles. The molecule has 0 N–H and O–H groups in total. The summed E-state index contributed by atoms with van der Waals surface area (Å²) < 4.78 is -0.0370. The maximum absolute atomic E-state index is 4.39. The molecular weight excluding hydrogens is 168 g/mol. The zero-order chi connectivity index (χ0) is 6.91. The van der Waals surface area contributed by atoms with E-state index < -0.39 is 0 Å². The van der Waals surface area contributed by atoms with Gasteiger partial charge in [0.1, 0.15) is 0 Å². The van der Waals surface area contributed by atoms with Gasteiger partial charge in [0.05, 0.1) is 4.08 Å². The highest BCUT2D eigenvalue weighted by molar-refractivity contribution is 8.00. The summed E-state index contributed by atoms with van der Waals surface area (Å²) in [5.41, 5.74) is 0. The molecule has 0 radical (unpaired) electrons. The Morgan fingerprint density at radius 1 is 1.33 bits per heavy atom. The standard InChI is InChI=1S/C6H12S3/c7-5-2-1-3-6(8,9)4-5/h5,7-9H,1-4H2. The van der Waals surface area contributed by atoms with Crippen molar-refractivity contribution in [3.8, 4) is 0 Å². The van der Waals surface area contributed by atoms with Gasteiger partial charge in [0.2, 0.25) is 0 Å². The lowest BCUT2D eigenvalue weighted by Crippen LogP contribution is -2.24. The molecule has 0 heterocycles. The minimum absolute atomic E-state index is 0.0370. The highest BCUT2D eigenvalue weighted by Crippen LogP contribution is 2.38. The summed E-state index contributed by atoms with van der Waals surface area (Å²) >= 11 is 13.2. The fourth-order valence-electron chi connectivity index (χ4n) is 1.20. The fourth-order valence-corrected chi connectivity index (χ4v) is 2.74. The lowest BCUT2D eigenvalue weighted by Gasteiger charge is -2.30. The number of thiol groups is 3. The van der Waals surface area contributed by atoms with Crippen LogP contribution >= 0.6 is 37.9 Å². The van der Waals surface area contributed by atoms with E-state index in [9.17, 15) is 0 Å². The molecule has 0 bridgehead atoms. The lowest BCUT2D eigenvalue weighted by molar-refractivity contribution is 0.508. The van der Waals surface area contributed by atoms with Crippen LogP contribution < -0.4 is 0 Å². The average Bonchev–Trinajstić information content (AvgIpc) is 1.60. The first-order valence-electron chi connectivity index (χ1n) is 3.23. The Labute approximate surface area is 73.0 Å². The van der Waals surface area contributed by atoms with Crippen molar-refractivity contribution in [2.24, 2.45) is 0 Å². The summed E-state index contributed by atoms with van der Waals surface area (Å²) in [6, 6.07) is 0. The van der Waals surface area contributed by atoms with Crippen LogP contribution in [-0.2, 0) is 0 Å². The summed E-state index contributed by atoms with van der Waals surface area (Å²) in [7, 11) is 0. The Morgan fingerprint density at radius 3 is 2.33 bits per heavy atom. The van der Waals surface area contributed by atoms with Gasteiger partial charge >= 0.3 is 0 Å². The van der Waals surface area contributed by atoms with Crippen LogP contribution in [0.3, 0.4) is 0 Å². The molecule has 0 aliphatic heterocycles. The maximum Gasteiger partial charge on any atom is 0.0562 e. The second-order valence-corrected chi connectivity index (χ2v) is 5.53. The van der Waals surface area contributed by atoms with E-state index in [0.29, 0.717) is 5.25 Å². The highest BCUT2D eigenvalue weighted by Gasteiger charge is 2.27. The Morgan fingerprint density at radius 2 is 2.00 bits per heavy atom. The number of rotatable bonds is 0. The molecule has 1 rings (SSSR count). The summed E-state index contributed by atoms with van der Waals surface area (Å²) in [5.74, 6) is 0. The molecule has 1 saturated carbocycles. The van der Waals surface area contributed by atoms with Gasteiger partial charge in [0.25, 0.3) is 0 Å². The summed E-state index contributed by atoms with van der Waals surface area (Å²) in [4.78, 5) is 0. The monoisotopic (exact) mass is 180 g/mol. The van der Waals surface area contributed by atoms with Gasteiger partial charge in [-0.1, -0.05) is 6.42 Å². The van der Waals surface area contributed by atoms with Gasteiger partial charge in [0, 0.05) is 5.25 Å². The van der Waals surface area contributed by atoms with Crippen molar-refractivity contribution >= 4 is 37.9 Å². The molecule has 1 aliphatic rings. The Kier molecular flexibility index (Phi) is 2.69. The molecule has 0 spiro atoms. The predicted molar refractivity (Wildman–Crippen MR) is 51.9 cm³/mol. The smallest absolute Gasteiger partial charge is 0.0562 e. The van der Waals surface area contributed by atoms with Crippen LogP contribution in [0.2, 0.25) is 0 Å². The van der Waals surface area contributed by atoms with E-state index in [1.54, 1.807) is 0 Å². The van der Waals surface area contributed by atoms with Crippen molar-refractivity contribution in [3.63, 3.8) is 0 Å². The van der Waals surface area contributed by atoms with Gasteiger partial charge in [-0.3, -0.25) is 0 Å². The van der Waals surface area contributed by atoms with E-state index in [0.717, 1.165) is 12.8 Å². The first-order valence-corrected chi connectivity index (χ1v) is 4.64. The van der Waals surface area contributed by atoms with Crippen LogP contribution in [0.4, 0.5) is 0 Å². The van der Waals surface area contributed by atoms with Crippen molar-refractivity contribution in [1.82, 2.24) is 0 Å². The van der Waals surface area contributed by atoms with E-state index in [4.69, 9.17) is 0 Å². The maximum atomic E-state index is 4.39. The first kappa shape index (κ1) is 8.15. The third-order valence-corrected chi connectivity index (χ3v) is 2.93. The minimum Gasteiger partial charge on any atom is -0.176 e. The molecule has 1 unspecified atom stereocenters. The minimum atomic E-state index is -0.0370. The van der Waals surface area contributed by atoms with Gasteiger partial charge < -0.3 is 0 Å². The SMILES string of the molecule is SC1CCCC(S)(S)C1. The molecule has 0 nitrogen and oxygen atoms in total. The fraction of sp³-hybridized carbons (Fsp3) is 1.00. The molecule has 1 atom stereocenters. The second-order valence-electron chi connectivity index (χ2n) is 2.73. The van der Waals surface area contributed by atoms with Gasteiger partial charge in [-0.2, -0.15) is 37.9 Å². The van der Waals surface area contributed by atoms with Gasteiger partial charge in [-0.15, -0.1) is 0 Å². The Bertz CT molecular complexity index is 100. The molecule has 0 aromatic heterocycles. The Hall–Kier alpha value is 1.05. The normalized spacial score (nSPS) is 34.3. The zero-order valence-electron chi connectivity index (χ0n) is 5.25. The summed E-state index contributed by atoms with van der Waals surface area (Å²) in [5, 5.41) is 0.522. The van der Waals surface area contributed by atoms with E-state index in [1.807, 2.05) is 0 Å². The van der Waals surface area contributed by atoms with Crippen molar-refractivity contribution in [3.05, 3.63) is 0 Å². The van der Waals surface area contributed by atoms with Gasteiger partial charge in [-0.05, 0) is 19.3 Å². The Balaban J connectivity index is 2.41. The van der Waals surface area contributed by atoms with Crippen molar-refractivity contribution in [2.75, 3.05) is 0 Å². The third kappa shape index (κ3) is 2.64. The quantitative estimate of drug-likeness (QED) is 0.370. The van der Waals surface area contributed by atoms with E-state index in [1.165, 1.54) is 12.8 Å². The van der Waals surface area contributed by atoms with E-state index in [2.05, 4.69) is 37.9 Å². The highest BCUT2D eigenvalue weighted by atomic mass is 32.2. The lowest BCUT2D eigenvalue weighted by atomic mass is 9.99. The molecular formula is C6H12S3. The van der Waals surface area contributed by atoms with Crippen LogP contribution in [0.15, 0.2) is 0 Å². The molecule has 9 heavy (non-hydrogen) atoms. The molecule has 3 heteroatoms. The molecule has 0 saturated heterocycles. The summed E-state index contributed by atoms with van der Waals surface area (Å²) in [6.45, 7) is 0. The van der Waals surface area contributed by atoms with E-state index >= 15 is 0 Å². The largest absolute Gasteiger partial charge is 0.176 e. The predicted octanol–water partition coefficient (Wildman–Crippen LogP) is 2.41. The molecule has 54 valence electrons. The van der Waals surface area contributed by atoms with Gasteiger partial charge in [0.15, 0.2) is 0 Å². The van der Waals surface area contributed by atoms with Crippen molar-refractivity contribution < 1.29 is 0 Å². The second kappa shape index (κ2) is 2.97. The van der Waals surface area contributed by atoms with Crippen LogP contribution in [-0.4, -0.2) is 9.33 Å². The van der Waals surface area contributed by atoms with E-state index in [-0.39, 0.29) is 4.08 Å². The van der Waals surface area contributed by atoms with Gasteiger partial charge in [-0.25, -0.2) is 0 Å². The van der Waals surface area contributed by atoms with Crippen LogP contribution in [0, 0.1) is 0 Å². The summed E-state index contributed by atoms with van der Waals surface area (Å²) in [6.07, 6.45) is 4.60. The number of hydrogen-bond acceptors (Lipinski definition) is 3. The van der Waals surface area contributed by atoms with Crippen molar-refractivity contribution in [1.29, 1.82) is 0 Å². The van der Waals surface area contributed by atoms with Crippen LogP contribution in [0.5, 0.6) is 0 Å². The molecule has 1 fully saturated rings. The average molecular weight is 180 g/mol.